The first-order valence-electron chi connectivity index (χ1n) is 9.08. The first-order chi connectivity index (χ1) is 14.4. The van der Waals surface area contributed by atoms with E-state index in [1.54, 1.807) is 36.4 Å². The van der Waals surface area contributed by atoms with E-state index in [1.165, 1.54) is 12.1 Å². The zero-order valence-corrected chi connectivity index (χ0v) is 15.4. The molecule has 3 aromatic rings. The number of hydrogen-bond donors (Lipinski definition) is 4. The molecule has 1 saturated heterocycles. The number of fused-ring (bicyclic) bond motifs is 1. The SMILES string of the molecule is O=C(O)[C@H]1O[C@@H](Oc2cccc3oc(-c4ccccc4)cc(=O)c23)[C@H](O)[C@@H](O)[C@@H]1O. The van der Waals surface area contributed by atoms with Gasteiger partial charge in [-0.3, -0.25) is 4.79 Å². The lowest BCUT2D eigenvalue weighted by Gasteiger charge is -2.38. The second-order valence-electron chi connectivity index (χ2n) is 6.82. The Morgan fingerprint density at radius 2 is 1.67 bits per heavy atom. The van der Waals surface area contributed by atoms with Crippen molar-refractivity contribution in [2.45, 2.75) is 30.7 Å². The third kappa shape index (κ3) is 3.55. The number of benzene rings is 2. The molecule has 0 unspecified atom stereocenters. The van der Waals surface area contributed by atoms with Crippen molar-refractivity contribution < 1.29 is 39.1 Å². The van der Waals surface area contributed by atoms with Gasteiger partial charge in [-0.15, -0.1) is 0 Å². The highest BCUT2D eigenvalue weighted by Gasteiger charge is 2.48. The summed E-state index contributed by atoms with van der Waals surface area (Å²) in [6, 6.07) is 14.8. The van der Waals surface area contributed by atoms with Crippen molar-refractivity contribution in [3.05, 3.63) is 64.8 Å². The van der Waals surface area contributed by atoms with Crippen LogP contribution < -0.4 is 10.2 Å². The molecule has 4 rings (SSSR count). The summed E-state index contributed by atoms with van der Waals surface area (Å²) in [4.78, 5) is 24.0. The highest BCUT2D eigenvalue weighted by atomic mass is 16.7. The zero-order chi connectivity index (χ0) is 21.4. The predicted molar refractivity (Wildman–Crippen MR) is 103 cm³/mol. The summed E-state index contributed by atoms with van der Waals surface area (Å²) in [6.45, 7) is 0. The maximum absolute atomic E-state index is 12.8. The molecular weight excluding hydrogens is 396 g/mol. The van der Waals surface area contributed by atoms with E-state index >= 15 is 0 Å². The van der Waals surface area contributed by atoms with Crippen molar-refractivity contribution in [3.63, 3.8) is 0 Å². The summed E-state index contributed by atoms with van der Waals surface area (Å²) in [5.74, 6) is -1.21. The van der Waals surface area contributed by atoms with E-state index in [-0.39, 0.29) is 16.7 Å². The van der Waals surface area contributed by atoms with Gasteiger partial charge in [0, 0.05) is 11.6 Å². The molecule has 1 aliphatic rings. The Labute approximate surface area is 169 Å². The molecule has 2 heterocycles. The van der Waals surface area contributed by atoms with Crippen molar-refractivity contribution in [2.24, 2.45) is 0 Å². The lowest BCUT2D eigenvalue weighted by atomic mass is 9.99. The van der Waals surface area contributed by atoms with Crippen LogP contribution in [-0.4, -0.2) is 57.1 Å². The lowest BCUT2D eigenvalue weighted by molar-refractivity contribution is -0.270. The fourth-order valence-electron chi connectivity index (χ4n) is 3.30. The normalized spacial score (nSPS) is 26.4. The molecule has 1 fully saturated rings. The highest BCUT2D eigenvalue weighted by molar-refractivity contribution is 5.84. The van der Waals surface area contributed by atoms with Gasteiger partial charge in [0.25, 0.3) is 0 Å². The van der Waals surface area contributed by atoms with Crippen molar-refractivity contribution in [1.82, 2.24) is 0 Å². The van der Waals surface area contributed by atoms with E-state index in [2.05, 4.69) is 0 Å². The molecule has 5 atom stereocenters. The number of aliphatic carboxylic acids is 1. The Bertz CT molecular complexity index is 1120. The second kappa shape index (κ2) is 7.88. The van der Waals surface area contributed by atoms with Crippen LogP contribution >= 0.6 is 0 Å². The molecule has 0 aliphatic carbocycles. The Morgan fingerprint density at radius 1 is 0.933 bits per heavy atom. The standard InChI is InChI=1S/C21H18O9/c22-11-9-14(10-5-2-1-3-6-10)28-12-7-4-8-13(15(11)12)29-21-18(25)16(23)17(24)19(30-21)20(26)27/h1-9,16-19,21,23-25H,(H,26,27)/t16-,17-,18+,19-,21+/m0/s1. The van der Waals surface area contributed by atoms with Gasteiger partial charge in [-0.2, -0.15) is 0 Å². The van der Waals surface area contributed by atoms with E-state index in [4.69, 9.17) is 19.0 Å². The molecule has 0 amide bonds. The van der Waals surface area contributed by atoms with Crippen molar-refractivity contribution in [3.8, 4) is 17.1 Å². The number of ether oxygens (including phenoxy) is 2. The van der Waals surface area contributed by atoms with Crippen LogP contribution in [0.4, 0.5) is 0 Å². The van der Waals surface area contributed by atoms with Gasteiger partial charge in [-0.1, -0.05) is 36.4 Å². The van der Waals surface area contributed by atoms with Crippen LogP contribution in [0.25, 0.3) is 22.3 Å². The average Bonchev–Trinajstić information content (AvgIpc) is 2.74. The molecule has 1 aromatic heterocycles. The first kappa shape index (κ1) is 20.0. The molecule has 0 radical (unpaired) electrons. The third-order valence-electron chi connectivity index (χ3n) is 4.83. The lowest BCUT2D eigenvalue weighted by Crippen LogP contribution is -2.61. The van der Waals surface area contributed by atoms with Gasteiger partial charge in [0.1, 0.15) is 40.8 Å². The third-order valence-corrected chi connectivity index (χ3v) is 4.83. The zero-order valence-electron chi connectivity index (χ0n) is 15.4. The number of carboxylic acid groups (broad SMARTS) is 1. The maximum atomic E-state index is 12.8. The summed E-state index contributed by atoms with van der Waals surface area (Å²) < 4.78 is 16.5. The van der Waals surface area contributed by atoms with E-state index in [0.717, 1.165) is 0 Å². The topological polar surface area (TPSA) is 147 Å². The minimum atomic E-state index is -1.84. The van der Waals surface area contributed by atoms with E-state index in [9.17, 15) is 24.9 Å². The molecule has 1 aliphatic heterocycles. The Kier molecular flexibility index (Phi) is 5.27. The minimum Gasteiger partial charge on any atom is -0.479 e. The molecule has 9 heteroatoms. The van der Waals surface area contributed by atoms with Gasteiger partial charge in [0.05, 0.1) is 0 Å². The molecule has 2 aromatic carbocycles. The number of hydrogen-bond acceptors (Lipinski definition) is 8. The van der Waals surface area contributed by atoms with Crippen molar-refractivity contribution >= 4 is 16.9 Å². The number of aliphatic hydroxyl groups excluding tert-OH is 3. The van der Waals surface area contributed by atoms with E-state index in [0.29, 0.717) is 11.3 Å². The number of carboxylic acids is 1. The molecular formula is C21H18O9. The summed E-state index contributed by atoms with van der Waals surface area (Å²) in [5.41, 5.74) is 0.487. The molecule has 0 spiro atoms. The van der Waals surface area contributed by atoms with Crippen LogP contribution in [0.1, 0.15) is 0 Å². The summed E-state index contributed by atoms with van der Waals surface area (Å²) in [5, 5.41) is 39.1. The van der Waals surface area contributed by atoms with Crippen LogP contribution in [0, 0.1) is 0 Å². The average molecular weight is 414 g/mol. The fourth-order valence-corrected chi connectivity index (χ4v) is 3.30. The van der Waals surface area contributed by atoms with Gasteiger partial charge in [-0.25, -0.2) is 4.79 Å². The number of carbonyl (C=O) groups is 1. The molecule has 0 saturated carbocycles. The quantitative estimate of drug-likeness (QED) is 0.485. The smallest absolute Gasteiger partial charge is 0.335 e. The van der Waals surface area contributed by atoms with Crippen LogP contribution in [0.5, 0.6) is 5.75 Å². The number of rotatable bonds is 4. The molecule has 0 bridgehead atoms. The Hall–Kier alpha value is -3.24. The molecule has 4 N–H and O–H groups in total. The summed E-state index contributed by atoms with van der Waals surface area (Å²) >= 11 is 0. The van der Waals surface area contributed by atoms with Crippen LogP contribution in [0.2, 0.25) is 0 Å². The molecule has 9 nitrogen and oxygen atoms in total. The van der Waals surface area contributed by atoms with Crippen LogP contribution in [0.3, 0.4) is 0 Å². The predicted octanol–water partition coefficient (Wildman–Crippen LogP) is 0.731. The molecule has 30 heavy (non-hydrogen) atoms. The highest BCUT2D eigenvalue weighted by Crippen LogP contribution is 2.30. The number of aliphatic hydroxyl groups is 3. The van der Waals surface area contributed by atoms with E-state index < -0.39 is 42.1 Å². The van der Waals surface area contributed by atoms with Gasteiger partial charge >= 0.3 is 5.97 Å². The Morgan fingerprint density at radius 3 is 2.37 bits per heavy atom. The van der Waals surface area contributed by atoms with E-state index in [1.807, 2.05) is 6.07 Å². The van der Waals surface area contributed by atoms with Crippen molar-refractivity contribution in [1.29, 1.82) is 0 Å². The Balaban J connectivity index is 1.71. The first-order valence-corrected chi connectivity index (χ1v) is 9.08. The van der Waals surface area contributed by atoms with Gasteiger partial charge < -0.3 is 34.3 Å². The van der Waals surface area contributed by atoms with Crippen LogP contribution in [-0.2, 0) is 9.53 Å². The van der Waals surface area contributed by atoms with Crippen LogP contribution in [0.15, 0.2) is 63.8 Å². The second-order valence-corrected chi connectivity index (χ2v) is 6.82. The van der Waals surface area contributed by atoms with Gasteiger partial charge in [-0.05, 0) is 12.1 Å². The maximum Gasteiger partial charge on any atom is 0.335 e. The van der Waals surface area contributed by atoms with Gasteiger partial charge in [0.2, 0.25) is 6.29 Å². The largest absolute Gasteiger partial charge is 0.479 e. The van der Waals surface area contributed by atoms with Crippen molar-refractivity contribution in [2.75, 3.05) is 0 Å². The van der Waals surface area contributed by atoms with Gasteiger partial charge in [0.15, 0.2) is 11.5 Å². The fraction of sp³-hybridized carbons (Fsp3) is 0.238. The monoisotopic (exact) mass is 414 g/mol. The summed E-state index contributed by atoms with van der Waals surface area (Å²) in [6.07, 6.45) is -8.86. The summed E-state index contributed by atoms with van der Waals surface area (Å²) in [7, 11) is 0. The minimum absolute atomic E-state index is 0.0300. The molecule has 156 valence electrons.